The summed E-state index contributed by atoms with van der Waals surface area (Å²) in [5, 5.41) is 6.72. The van der Waals surface area contributed by atoms with Crippen molar-refractivity contribution in [2.24, 2.45) is 4.99 Å². The second-order valence-electron chi connectivity index (χ2n) is 6.61. The number of aromatic nitrogens is 1. The van der Waals surface area contributed by atoms with Gasteiger partial charge in [-0.1, -0.05) is 6.07 Å². The first kappa shape index (κ1) is 19.7. The molecule has 0 atom stereocenters. The Morgan fingerprint density at radius 3 is 2.92 bits per heavy atom. The van der Waals surface area contributed by atoms with Gasteiger partial charge in [-0.25, -0.2) is 0 Å². The molecule has 6 heteroatoms. The zero-order valence-corrected chi connectivity index (χ0v) is 15.9. The van der Waals surface area contributed by atoms with Crippen LogP contribution in [0.2, 0.25) is 0 Å². The monoisotopic (exact) mass is 346 g/mol. The first-order valence-corrected chi connectivity index (χ1v) is 9.61. The van der Waals surface area contributed by atoms with Crippen LogP contribution in [0.3, 0.4) is 0 Å². The van der Waals surface area contributed by atoms with E-state index in [4.69, 9.17) is 4.99 Å². The fourth-order valence-electron chi connectivity index (χ4n) is 3.01. The van der Waals surface area contributed by atoms with Crippen molar-refractivity contribution >= 4 is 5.96 Å². The summed E-state index contributed by atoms with van der Waals surface area (Å²) < 4.78 is 0. The van der Waals surface area contributed by atoms with Crippen LogP contribution in [0.4, 0.5) is 0 Å². The molecule has 25 heavy (non-hydrogen) atoms. The fraction of sp³-hybridized carbons (Fsp3) is 0.684. The molecule has 2 N–H and O–H groups in total. The predicted octanol–water partition coefficient (Wildman–Crippen LogP) is 1.21. The van der Waals surface area contributed by atoms with E-state index in [-0.39, 0.29) is 0 Å². The molecular formula is C19H34N6. The first-order valence-electron chi connectivity index (χ1n) is 9.61. The van der Waals surface area contributed by atoms with Gasteiger partial charge in [0.15, 0.2) is 5.96 Å². The Morgan fingerprint density at radius 2 is 2.12 bits per heavy atom. The van der Waals surface area contributed by atoms with Gasteiger partial charge in [0.25, 0.3) is 0 Å². The van der Waals surface area contributed by atoms with Crippen LogP contribution in [0.25, 0.3) is 0 Å². The second kappa shape index (κ2) is 11.8. The molecule has 0 radical (unpaired) electrons. The first-order chi connectivity index (χ1) is 12.3. The van der Waals surface area contributed by atoms with Crippen molar-refractivity contribution in [2.45, 2.75) is 26.2 Å². The molecule has 0 amide bonds. The maximum absolute atomic E-state index is 4.70. The van der Waals surface area contributed by atoms with Crippen LogP contribution in [0, 0.1) is 0 Å². The lowest BCUT2D eigenvalue weighted by molar-refractivity contribution is 0.275. The molecule has 140 valence electrons. The Bertz CT molecular complexity index is 490. The molecule has 1 aliphatic rings. The van der Waals surface area contributed by atoms with Crippen LogP contribution < -0.4 is 10.6 Å². The van der Waals surface area contributed by atoms with Crippen LogP contribution >= 0.6 is 0 Å². The summed E-state index contributed by atoms with van der Waals surface area (Å²) in [6.45, 7) is 10.6. The Balaban J connectivity index is 1.66. The minimum atomic E-state index is 0.849. The summed E-state index contributed by atoms with van der Waals surface area (Å²) in [4.78, 5) is 14.1. The van der Waals surface area contributed by atoms with Crippen LogP contribution in [0.1, 0.15) is 25.5 Å². The molecule has 0 aliphatic carbocycles. The minimum Gasteiger partial charge on any atom is -0.357 e. The van der Waals surface area contributed by atoms with Crippen molar-refractivity contribution < 1.29 is 0 Å². The van der Waals surface area contributed by atoms with Gasteiger partial charge < -0.3 is 20.4 Å². The fourth-order valence-corrected chi connectivity index (χ4v) is 3.01. The van der Waals surface area contributed by atoms with Gasteiger partial charge >= 0.3 is 0 Å². The number of likely N-dealkylation sites (N-methyl/N-ethyl adjacent to an activating group) is 1. The summed E-state index contributed by atoms with van der Waals surface area (Å²) in [7, 11) is 2.22. The molecule has 2 heterocycles. The maximum Gasteiger partial charge on any atom is 0.191 e. The second-order valence-corrected chi connectivity index (χ2v) is 6.61. The Hall–Kier alpha value is -1.66. The number of nitrogens with zero attached hydrogens (tertiary/aromatic N) is 4. The molecule has 1 aromatic heterocycles. The van der Waals surface area contributed by atoms with Gasteiger partial charge in [-0.3, -0.25) is 9.98 Å². The molecular weight excluding hydrogens is 312 g/mol. The maximum atomic E-state index is 4.70. The third-order valence-corrected chi connectivity index (χ3v) is 4.46. The molecule has 0 spiro atoms. The van der Waals surface area contributed by atoms with E-state index in [9.17, 15) is 0 Å². The highest BCUT2D eigenvalue weighted by Gasteiger charge is 2.11. The van der Waals surface area contributed by atoms with E-state index >= 15 is 0 Å². The number of hydrogen-bond donors (Lipinski definition) is 2. The van der Waals surface area contributed by atoms with Crippen LogP contribution in [-0.4, -0.2) is 80.1 Å². The molecule has 1 saturated heterocycles. The largest absolute Gasteiger partial charge is 0.357 e. The van der Waals surface area contributed by atoms with Crippen LogP contribution in [0.15, 0.2) is 29.4 Å². The number of nitrogens with one attached hydrogen (secondary N) is 2. The Labute approximate surface area is 152 Å². The summed E-state index contributed by atoms with van der Waals surface area (Å²) in [5.74, 6) is 0.911. The molecule has 1 aromatic rings. The third kappa shape index (κ3) is 8.31. The molecule has 0 unspecified atom stereocenters. The lowest BCUT2D eigenvalue weighted by Gasteiger charge is -2.19. The molecule has 6 nitrogen and oxygen atoms in total. The molecule has 2 rings (SSSR count). The highest BCUT2D eigenvalue weighted by Crippen LogP contribution is 2.01. The lowest BCUT2D eigenvalue weighted by Crippen LogP contribution is -2.38. The summed E-state index contributed by atoms with van der Waals surface area (Å²) >= 11 is 0. The Kier molecular flexibility index (Phi) is 9.29. The lowest BCUT2D eigenvalue weighted by atomic mass is 10.3. The zero-order valence-electron chi connectivity index (χ0n) is 15.9. The van der Waals surface area contributed by atoms with E-state index in [2.05, 4.69) is 45.5 Å². The molecule has 1 fully saturated rings. The highest BCUT2D eigenvalue weighted by molar-refractivity contribution is 5.79. The minimum absolute atomic E-state index is 0.849. The SMILES string of the molecule is CCNC(=NCCCN1CCCN(C)CC1)NCCc1ccccn1. The Morgan fingerprint density at radius 1 is 1.20 bits per heavy atom. The number of rotatable bonds is 8. The van der Waals surface area contributed by atoms with Crippen molar-refractivity contribution in [1.82, 2.24) is 25.4 Å². The van der Waals surface area contributed by atoms with Gasteiger partial charge in [-0.2, -0.15) is 0 Å². The number of pyridine rings is 1. The molecule has 0 bridgehead atoms. The number of guanidine groups is 1. The average molecular weight is 347 g/mol. The summed E-state index contributed by atoms with van der Waals surface area (Å²) in [5.41, 5.74) is 1.11. The van der Waals surface area contributed by atoms with Gasteiger partial charge in [0, 0.05) is 51.0 Å². The van der Waals surface area contributed by atoms with E-state index in [0.29, 0.717) is 0 Å². The van der Waals surface area contributed by atoms with Gasteiger partial charge in [0.05, 0.1) is 0 Å². The van der Waals surface area contributed by atoms with Crippen molar-refractivity contribution in [1.29, 1.82) is 0 Å². The average Bonchev–Trinajstić information content (AvgIpc) is 2.84. The van der Waals surface area contributed by atoms with Crippen molar-refractivity contribution in [3.63, 3.8) is 0 Å². The highest BCUT2D eigenvalue weighted by atomic mass is 15.2. The number of aliphatic imine (C=N–C) groups is 1. The van der Waals surface area contributed by atoms with Gasteiger partial charge in [0.1, 0.15) is 0 Å². The number of hydrogen-bond acceptors (Lipinski definition) is 4. The van der Waals surface area contributed by atoms with Crippen LogP contribution in [-0.2, 0) is 6.42 Å². The van der Waals surface area contributed by atoms with E-state index in [1.807, 2.05) is 18.3 Å². The predicted molar refractivity (Wildman–Crippen MR) is 105 cm³/mol. The normalized spacial score (nSPS) is 17.3. The smallest absolute Gasteiger partial charge is 0.191 e. The van der Waals surface area contributed by atoms with Gasteiger partial charge in [-0.15, -0.1) is 0 Å². The standard InChI is InChI=1S/C19H34N6/c1-3-20-19(23-12-9-18-8-4-5-10-21-18)22-11-6-14-25-15-7-13-24(2)16-17-25/h4-5,8,10H,3,6-7,9,11-17H2,1-2H3,(H2,20,22,23). The topological polar surface area (TPSA) is 55.8 Å². The van der Waals surface area contributed by atoms with E-state index in [1.165, 1.54) is 32.6 Å². The molecule has 0 saturated carbocycles. The van der Waals surface area contributed by atoms with Crippen molar-refractivity contribution in [2.75, 3.05) is 59.4 Å². The van der Waals surface area contributed by atoms with E-state index < -0.39 is 0 Å². The van der Waals surface area contributed by atoms with E-state index in [0.717, 1.165) is 50.7 Å². The van der Waals surface area contributed by atoms with E-state index in [1.54, 1.807) is 0 Å². The summed E-state index contributed by atoms with van der Waals surface area (Å²) in [6, 6.07) is 6.04. The van der Waals surface area contributed by atoms with Crippen molar-refractivity contribution in [3.8, 4) is 0 Å². The van der Waals surface area contributed by atoms with Gasteiger partial charge in [0.2, 0.25) is 0 Å². The quantitative estimate of drug-likeness (QED) is 0.421. The van der Waals surface area contributed by atoms with Gasteiger partial charge in [-0.05, 0) is 58.6 Å². The molecule has 1 aliphatic heterocycles. The summed E-state index contributed by atoms with van der Waals surface area (Å²) in [6.07, 6.45) is 5.14. The van der Waals surface area contributed by atoms with Crippen molar-refractivity contribution in [3.05, 3.63) is 30.1 Å². The third-order valence-electron chi connectivity index (χ3n) is 4.46. The zero-order chi connectivity index (χ0) is 17.7. The van der Waals surface area contributed by atoms with Crippen LogP contribution in [0.5, 0.6) is 0 Å². The molecule has 0 aromatic carbocycles.